The molecular weight excluding hydrogens is 246 g/mol. The van der Waals surface area contributed by atoms with Crippen molar-refractivity contribution in [1.82, 2.24) is 0 Å². The first-order valence-electron chi connectivity index (χ1n) is 6.52. The number of nitrogens with one attached hydrogen (secondary N) is 1. The first-order valence-corrected chi connectivity index (χ1v) is 8.18. The standard InChI is InChI=1S/C14H21NO2S/c1-3-18(16,17)13-8-5-4-7-12(13)15-11-14(2)9-6-10-14/h4-5,7-8,15H,3,6,9-11H2,1-2H3. The summed E-state index contributed by atoms with van der Waals surface area (Å²) in [5.41, 5.74) is 1.08. The summed E-state index contributed by atoms with van der Waals surface area (Å²) in [5, 5.41) is 3.32. The van der Waals surface area contributed by atoms with Crippen LogP contribution in [0, 0.1) is 5.41 Å². The Morgan fingerprint density at radius 2 is 1.94 bits per heavy atom. The molecule has 0 aromatic heterocycles. The molecule has 1 N–H and O–H groups in total. The highest BCUT2D eigenvalue weighted by atomic mass is 32.2. The third-order valence-corrected chi connectivity index (χ3v) is 5.65. The molecule has 0 spiro atoms. The van der Waals surface area contributed by atoms with E-state index in [0.29, 0.717) is 10.3 Å². The van der Waals surface area contributed by atoms with Crippen LogP contribution in [0.5, 0.6) is 0 Å². The van der Waals surface area contributed by atoms with Gasteiger partial charge in [-0.3, -0.25) is 0 Å². The zero-order valence-corrected chi connectivity index (χ0v) is 11.9. The fraction of sp³-hybridized carbons (Fsp3) is 0.571. The summed E-state index contributed by atoms with van der Waals surface area (Å²) in [5.74, 6) is 0.142. The van der Waals surface area contributed by atoms with Crippen LogP contribution in [0.25, 0.3) is 0 Å². The van der Waals surface area contributed by atoms with Gasteiger partial charge in [0.15, 0.2) is 9.84 Å². The van der Waals surface area contributed by atoms with Crippen molar-refractivity contribution in [2.24, 2.45) is 5.41 Å². The van der Waals surface area contributed by atoms with Crippen LogP contribution in [0.3, 0.4) is 0 Å². The molecule has 0 atom stereocenters. The summed E-state index contributed by atoms with van der Waals surface area (Å²) >= 11 is 0. The van der Waals surface area contributed by atoms with Gasteiger partial charge in [0.05, 0.1) is 16.3 Å². The van der Waals surface area contributed by atoms with Crippen LogP contribution in [0.1, 0.15) is 33.1 Å². The topological polar surface area (TPSA) is 46.2 Å². The van der Waals surface area contributed by atoms with Gasteiger partial charge in [0.2, 0.25) is 0 Å². The molecule has 0 bridgehead atoms. The Hall–Kier alpha value is -1.03. The molecule has 0 amide bonds. The highest BCUT2D eigenvalue weighted by Crippen LogP contribution is 2.40. The molecule has 2 rings (SSSR count). The van der Waals surface area contributed by atoms with Gasteiger partial charge in [-0.05, 0) is 30.4 Å². The maximum atomic E-state index is 12.0. The number of sulfone groups is 1. The van der Waals surface area contributed by atoms with Gasteiger partial charge in [-0.1, -0.05) is 32.4 Å². The van der Waals surface area contributed by atoms with Crippen molar-refractivity contribution >= 4 is 15.5 Å². The van der Waals surface area contributed by atoms with E-state index in [4.69, 9.17) is 0 Å². The largest absolute Gasteiger partial charge is 0.383 e. The molecule has 1 fully saturated rings. The lowest BCUT2D eigenvalue weighted by molar-refractivity contribution is 0.180. The second-order valence-corrected chi connectivity index (χ2v) is 7.66. The van der Waals surface area contributed by atoms with Crippen molar-refractivity contribution < 1.29 is 8.42 Å². The van der Waals surface area contributed by atoms with E-state index in [0.717, 1.165) is 12.2 Å². The molecule has 3 nitrogen and oxygen atoms in total. The SMILES string of the molecule is CCS(=O)(=O)c1ccccc1NCC1(C)CCC1. The number of rotatable bonds is 5. The summed E-state index contributed by atoms with van der Waals surface area (Å²) in [6.07, 6.45) is 3.73. The lowest BCUT2D eigenvalue weighted by Gasteiger charge is -2.38. The fourth-order valence-electron chi connectivity index (χ4n) is 2.31. The van der Waals surface area contributed by atoms with Crippen molar-refractivity contribution in [3.63, 3.8) is 0 Å². The minimum Gasteiger partial charge on any atom is -0.383 e. The number of benzene rings is 1. The Morgan fingerprint density at radius 3 is 2.50 bits per heavy atom. The Bertz CT molecular complexity index is 518. The van der Waals surface area contributed by atoms with Crippen molar-refractivity contribution in [3.8, 4) is 0 Å². The van der Waals surface area contributed by atoms with E-state index in [9.17, 15) is 8.42 Å². The zero-order valence-electron chi connectivity index (χ0n) is 11.1. The molecule has 4 heteroatoms. The first kappa shape index (κ1) is 13.4. The molecular formula is C14H21NO2S. The monoisotopic (exact) mass is 267 g/mol. The predicted octanol–water partition coefficient (Wildman–Crippen LogP) is 3.08. The molecule has 1 aliphatic rings. The molecule has 1 aromatic rings. The van der Waals surface area contributed by atoms with Crippen molar-refractivity contribution in [1.29, 1.82) is 0 Å². The van der Waals surface area contributed by atoms with Crippen molar-refractivity contribution in [3.05, 3.63) is 24.3 Å². The second kappa shape index (κ2) is 4.92. The quantitative estimate of drug-likeness (QED) is 0.891. The van der Waals surface area contributed by atoms with Crippen LogP contribution in [-0.2, 0) is 9.84 Å². The molecule has 0 heterocycles. The van der Waals surface area contributed by atoms with E-state index in [1.165, 1.54) is 19.3 Å². The minimum absolute atomic E-state index is 0.142. The highest BCUT2D eigenvalue weighted by Gasteiger charge is 2.31. The molecule has 1 saturated carbocycles. The van der Waals surface area contributed by atoms with Crippen molar-refractivity contribution in [2.75, 3.05) is 17.6 Å². The van der Waals surface area contributed by atoms with Gasteiger partial charge in [0.1, 0.15) is 0 Å². The van der Waals surface area contributed by atoms with Crippen LogP contribution >= 0.6 is 0 Å². The van der Waals surface area contributed by atoms with Crippen LogP contribution in [0.2, 0.25) is 0 Å². The Morgan fingerprint density at radius 1 is 1.28 bits per heavy atom. The maximum Gasteiger partial charge on any atom is 0.180 e. The van der Waals surface area contributed by atoms with E-state index in [-0.39, 0.29) is 5.75 Å². The number of hydrogen-bond acceptors (Lipinski definition) is 3. The second-order valence-electron chi connectivity index (χ2n) is 5.42. The number of anilines is 1. The number of para-hydroxylation sites is 1. The lowest BCUT2D eigenvalue weighted by Crippen LogP contribution is -2.33. The molecule has 100 valence electrons. The maximum absolute atomic E-state index is 12.0. The van der Waals surface area contributed by atoms with Crippen LogP contribution < -0.4 is 5.32 Å². The highest BCUT2D eigenvalue weighted by molar-refractivity contribution is 7.91. The van der Waals surface area contributed by atoms with Gasteiger partial charge in [0, 0.05) is 6.54 Å². The number of hydrogen-bond donors (Lipinski definition) is 1. The van der Waals surface area contributed by atoms with E-state index < -0.39 is 9.84 Å². The van der Waals surface area contributed by atoms with Crippen LogP contribution in [-0.4, -0.2) is 20.7 Å². The Labute approximate surface area is 110 Å². The molecule has 1 aliphatic carbocycles. The minimum atomic E-state index is -3.15. The Balaban J connectivity index is 2.18. The third-order valence-electron chi connectivity index (χ3n) is 3.87. The summed E-state index contributed by atoms with van der Waals surface area (Å²) in [6, 6.07) is 7.19. The average molecular weight is 267 g/mol. The molecule has 1 aromatic carbocycles. The van der Waals surface area contributed by atoms with E-state index >= 15 is 0 Å². The van der Waals surface area contributed by atoms with Gasteiger partial charge in [-0.25, -0.2) is 8.42 Å². The molecule has 0 radical (unpaired) electrons. The van der Waals surface area contributed by atoms with E-state index in [2.05, 4.69) is 12.2 Å². The van der Waals surface area contributed by atoms with Crippen LogP contribution in [0.15, 0.2) is 29.2 Å². The fourth-order valence-corrected chi connectivity index (χ4v) is 3.38. The van der Waals surface area contributed by atoms with Gasteiger partial charge < -0.3 is 5.32 Å². The lowest BCUT2D eigenvalue weighted by atomic mass is 9.70. The van der Waals surface area contributed by atoms with Gasteiger partial charge in [-0.15, -0.1) is 0 Å². The molecule has 0 aliphatic heterocycles. The molecule has 0 saturated heterocycles. The third kappa shape index (κ3) is 2.69. The van der Waals surface area contributed by atoms with E-state index in [1.807, 2.05) is 12.1 Å². The average Bonchev–Trinajstić information content (AvgIpc) is 2.34. The normalized spacial score (nSPS) is 18.1. The molecule has 0 unspecified atom stereocenters. The van der Waals surface area contributed by atoms with Gasteiger partial charge in [0.25, 0.3) is 0 Å². The zero-order chi connectivity index (χ0) is 13.2. The Kier molecular flexibility index (Phi) is 3.66. The summed E-state index contributed by atoms with van der Waals surface area (Å²) in [7, 11) is -3.15. The smallest absolute Gasteiger partial charge is 0.180 e. The molecule has 18 heavy (non-hydrogen) atoms. The summed E-state index contributed by atoms with van der Waals surface area (Å²) in [6.45, 7) is 4.78. The predicted molar refractivity (Wildman–Crippen MR) is 74.6 cm³/mol. The van der Waals surface area contributed by atoms with E-state index in [1.54, 1.807) is 19.1 Å². The van der Waals surface area contributed by atoms with Gasteiger partial charge in [-0.2, -0.15) is 0 Å². The summed E-state index contributed by atoms with van der Waals surface area (Å²) in [4.78, 5) is 0.426. The first-order chi connectivity index (χ1) is 8.47. The van der Waals surface area contributed by atoms with Crippen molar-refractivity contribution in [2.45, 2.75) is 38.0 Å². The summed E-state index contributed by atoms with van der Waals surface area (Å²) < 4.78 is 24.0. The van der Waals surface area contributed by atoms with Gasteiger partial charge >= 0.3 is 0 Å². The van der Waals surface area contributed by atoms with Crippen LogP contribution in [0.4, 0.5) is 5.69 Å².